The van der Waals surface area contributed by atoms with Crippen LogP contribution >= 0.6 is 11.6 Å². The summed E-state index contributed by atoms with van der Waals surface area (Å²) in [6.45, 7) is 3.25. The second-order valence-corrected chi connectivity index (χ2v) is 6.50. The Morgan fingerprint density at radius 1 is 1.23 bits per heavy atom. The highest BCUT2D eigenvalue weighted by atomic mass is 35.5. The Morgan fingerprint density at radius 2 is 2.00 bits per heavy atom. The molecule has 2 aromatic carbocycles. The van der Waals surface area contributed by atoms with E-state index in [9.17, 15) is 0 Å². The number of rotatable bonds is 6. The van der Waals surface area contributed by atoms with Gasteiger partial charge in [-0.15, -0.1) is 0 Å². The molecular weight excluding hydrogens is 294 g/mol. The molecule has 2 nitrogen and oxygen atoms in total. The molecule has 3 atom stereocenters. The minimum absolute atomic E-state index is 0.335. The first-order valence-electron chi connectivity index (χ1n) is 7.80. The predicted molar refractivity (Wildman–Crippen MR) is 91.7 cm³/mol. The molecule has 2 unspecified atom stereocenters. The van der Waals surface area contributed by atoms with E-state index in [4.69, 9.17) is 16.3 Å². The molecule has 2 aromatic rings. The van der Waals surface area contributed by atoms with Crippen LogP contribution in [0.5, 0.6) is 5.75 Å². The van der Waals surface area contributed by atoms with Gasteiger partial charge in [0, 0.05) is 11.1 Å². The van der Waals surface area contributed by atoms with Gasteiger partial charge >= 0.3 is 0 Å². The molecule has 0 bridgehead atoms. The maximum atomic E-state index is 5.95. The summed E-state index contributed by atoms with van der Waals surface area (Å²) in [4.78, 5) is 0. The lowest BCUT2D eigenvalue weighted by atomic mass is 10.1. The van der Waals surface area contributed by atoms with Crippen LogP contribution in [0.25, 0.3) is 0 Å². The Morgan fingerprint density at radius 3 is 2.73 bits per heavy atom. The van der Waals surface area contributed by atoms with Gasteiger partial charge in [-0.1, -0.05) is 35.9 Å². The summed E-state index contributed by atoms with van der Waals surface area (Å²) in [7, 11) is 1.71. The molecule has 0 heterocycles. The standard InChI is InChI=1S/C19H22ClNO/c1-13(15-4-3-5-18(10-15)22-2)21-12-16-11-19(16)14-6-8-17(20)9-7-14/h3-10,13,16,19,21H,11-12H2,1-2H3/t13-,16?,19?/m1/s1. The van der Waals surface area contributed by atoms with Gasteiger partial charge in [-0.05, 0) is 67.1 Å². The smallest absolute Gasteiger partial charge is 0.119 e. The van der Waals surface area contributed by atoms with Crippen LogP contribution in [0.2, 0.25) is 5.02 Å². The van der Waals surface area contributed by atoms with Crippen LogP contribution in [-0.2, 0) is 0 Å². The summed E-state index contributed by atoms with van der Waals surface area (Å²) in [5, 5.41) is 4.45. The van der Waals surface area contributed by atoms with Crippen LogP contribution in [0.4, 0.5) is 0 Å². The van der Waals surface area contributed by atoms with Gasteiger partial charge < -0.3 is 10.1 Å². The molecule has 3 rings (SSSR count). The Bertz CT molecular complexity index is 626. The SMILES string of the molecule is COc1cccc([C@@H](C)NCC2CC2c2ccc(Cl)cc2)c1. The lowest BCUT2D eigenvalue weighted by Crippen LogP contribution is -2.21. The number of hydrogen-bond acceptors (Lipinski definition) is 2. The Kier molecular flexibility index (Phi) is 4.70. The average molecular weight is 316 g/mol. The number of nitrogens with one attached hydrogen (secondary N) is 1. The van der Waals surface area contributed by atoms with Crippen LogP contribution in [0.15, 0.2) is 48.5 Å². The minimum Gasteiger partial charge on any atom is -0.497 e. The monoisotopic (exact) mass is 315 g/mol. The number of halogens is 1. The summed E-state index contributed by atoms with van der Waals surface area (Å²) in [5.74, 6) is 2.33. The fourth-order valence-corrected chi connectivity index (χ4v) is 3.07. The molecule has 0 saturated heterocycles. The molecule has 0 amide bonds. The van der Waals surface area contributed by atoms with Crippen molar-refractivity contribution in [1.29, 1.82) is 0 Å². The molecule has 1 aliphatic rings. The first-order valence-corrected chi connectivity index (χ1v) is 8.18. The van der Waals surface area contributed by atoms with E-state index < -0.39 is 0 Å². The first-order chi connectivity index (χ1) is 10.7. The van der Waals surface area contributed by atoms with Crippen LogP contribution in [0.3, 0.4) is 0 Å². The molecule has 116 valence electrons. The van der Waals surface area contributed by atoms with Crippen LogP contribution in [0.1, 0.15) is 36.4 Å². The molecule has 0 radical (unpaired) electrons. The van der Waals surface area contributed by atoms with Gasteiger partial charge in [0.15, 0.2) is 0 Å². The van der Waals surface area contributed by atoms with E-state index in [0.29, 0.717) is 12.0 Å². The quantitative estimate of drug-likeness (QED) is 0.826. The van der Waals surface area contributed by atoms with Crippen molar-refractivity contribution >= 4 is 11.6 Å². The summed E-state index contributed by atoms with van der Waals surface area (Å²) in [6.07, 6.45) is 1.26. The van der Waals surface area contributed by atoms with Crippen molar-refractivity contribution in [2.75, 3.05) is 13.7 Å². The molecule has 22 heavy (non-hydrogen) atoms. The van der Waals surface area contributed by atoms with E-state index in [2.05, 4.69) is 36.5 Å². The zero-order valence-electron chi connectivity index (χ0n) is 13.1. The van der Waals surface area contributed by atoms with E-state index in [1.165, 1.54) is 17.5 Å². The van der Waals surface area contributed by atoms with Gasteiger partial charge in [0.05, 0.1) is 7.11 Å². The highest BCUT2D eigenvalue weighted by molar-refractivity contribution is 6.30. The molecule has 1 N–H and O–H groups in total. The lowest BCUT2D eigenvalue weighted by Gasteiger charge is -2.15. The third kappa shape index (κ3) is 3.63. The summed E-state index contributed by atoms with van der Waals surface area (Å²) >= 11 is 5.95. The largest absolute Gasteiger partial charge is 0.497 e. The molecule has 1 fully saturated rings. The van der Waals surface area contributed by atoms with E-state index >= 15 is 0 Å². The van der Waals surface area contributed by atoms with Crippen molar-refractivity contribution in [3.8, 4) is 5.75 Å². The number of methoxy groups -OCH3 is 1. The van der Waals surface area contributed by atoms with Crippen LogP contribution < -0.4 is 10.1 Å². The normalized spacial score (nSPS) is 21.4. The average Bonchev–Trinajstić information content (AvgIpc) is 3.33. The predicted octanol–water partition coefficient (Wildman–Crippen LogP) is 4.80. The van der Waals surface area contributed by atoms with Gasteiger partial charge in [-0.3, -0.25) is 0 Å². The third-order valence-electron chi connectivity index (χ3n) is 4.50. The second kappa shape index (κ2) is 6.72. The van der Waals surface area contributed by atoms with Crippen molar-refractivity contribution < 1.29 is 4.74 Å². The molecule has 1 aliphatic carbocycles. The second-order valence-electron chi connectivity index (χ2n) is 6.06. The maximum Gasteiger partial charge on any atom is 0.119 e. The maximum absolute atomic E-state index is 5.95. The zero-order chi connectivity index (χ0) is 15.5. The van der Waals surface area contributed by atoms with Crippen molar-refractivity contribution in [2.24, 2.45) is 5.92 Å². The Labute approximate surface area is 137 Å². The van der Waals surface area contributed by atoms with E-state index in [-0.39, 0.29) is 0 Å². The highest BCUT2D eigenvalue weighted by Gasteiger charge is 2.37. The highest BCUT2D eigenvalue weighted by Crippen LogP contribution is 2.47. The third-order valence-corrected chi connectivity index (χ3v) is 4.75. The van der Waals surface area contributed by atoms with Crippen molar-refractivity contribution in [2.45, 2.75) is 25.3 Å². The van der Waals surface area contributed by atoms with E-state index in [1.807, 2.05) is 24.3 Å². The lowest BCUT2D eigenvalue weighted by molar-refractivity contribution is 0.413. The van der Waals surface area contributed by atoms with Crippen molar-refractivity contribution in [3.63, 3.8) is 0 Å². The van der Waals surface area contributed by atoms with Crippen LogP contribution in [0, 0.1) is 5.92 Å². The summed E-state index contributed by atoms with van der Waals surface area (Å²) in [5.41, 5.74) is 2.67. The van der Waals surface area contributed by atoms with E-state index in [0.717, 1.165) is 23.2 Å². The number of hydrogen-bond donors (Lipinski definition) is 1. The molecular formula is C19H22ClNO. The van der Waals surface area contributed by atoms with Gasteiger partial charge in [-0.2, -0.15) is 0 Å². The van der Waals surface area contributed by atoms with Crippen molar-refractivity contribution in [1.82, 2.24) is 5.32 Å². The molecule has 0 aromatic heterocycles. The fraction of sp³-hybridized carbons (Fsp3) is 0.368. The molecule has 0 spiro atoms. The topological polar surface area (TPSA) is 21.3 Å². The van der Waals surface area contributed by atoms with Gasteiger partial charge in [-0.25, -0.2) is 0 Å². The first kappa shape index (κ1) is 15.4. The van der Waals surface area contributed by atoms with Crippen LogP contribution in [-0.4, -0.2) is 13.7 Å². The molecule has 1 saturated carbocycles. The van der Waals surface area contributed by atoms with E-state index in [1.54, 1.807) is 7.11 Å². The number of benzene rings is 2. The Balaban J connectivity index is 1.52. The van der Waals surface area contributed by atoms with Gasteiger partial charge in [0.2, 0.25) is 0 Å². The Hall–Kier alpha value is -1.51. The molecule has 0 aliphatic heterocycles. The minimum atomic E-state index is 0.335. The summed E-state index contributed by atoms with van der Waals surface area (Å²) < 4.78 is 5.29. The molecule has 3 heteroatoms. The van der Waals surface area contributed by atoms with Gasteiger partial charge in [0.1, 0.15) is 5.75 Å². The zero-order valence-corrected chi connectivity index (χ0v) is 13.8. The van der Waals surface area contributed by atoms with Gasteiger partial charge in [0.25, 0.3) is 0 Å². The summed E-state index contributed by atoms with van der Waals surface area (Å²) in [6, 6.07) is 16.9. The number of ether oxygens (including phenoxy) is 1. The fourth-order valence-electron chi connectivity index (χ4n) is 2.95. The van der Waals surface area contributed by atoms with Crippen molar-refractivity contribution in [3.05, 3.63) is 64.7 Å².